The minimum Gasteiger partial charge on any atom is -0.489 e. The minimum absolute atomic E-state index is 0.0647. The van der Waals surface area contributed by atoms with E-state index in [4.69, 9.17) is 10.1 Å². The Morgan fingerprint density at radius 2 is 2.31 bits per heavy atom. The zero-order chi connectivity index (χ0) is 9.26. The smallest absolute Gasteiger partial charge is 0.142 e. The van der Waals surface area contributed by atoms with Crippen molar-refractivity contribution in [2.45, 2.75) is 6.04 Å². The Kier molecular flexibility index (Phi) is 1.93. The lowest BCUT2D eigenvalue weighted by atomic mass is 10.2. The summed E-state index contributed by atoms with van der Waals surface area (Å²) in [5, 5.41) is 7.22. The van der Waals surface area contributed by atoms with Gasteiger partial charge in [0.25, 0.3) is 0 Å². The van der Waals surface area contributed by atoms with Crippen LogP contribution >= 0.6 is 0 Å². The molecule has 0 saturated heterocycles. The van der Waals surface area contributed by atoms with E-state index in [0.717, 1.165) is 11.4 Å². The van der Waals surface area contributed by atoms with Gasteiger partial charge in [0.05, 0.1) is 11.7 Å². The molecular weight excluding hydrogens is 164 g/mol. The van der Waals surface area contributed by atoms with Crippen LogP contribution in [0.2, 0.25) is 0 Å². The predicted octanol–water partition coefficient (Wildman–Crippen LogP) is 1.53. The summed E-state index contributed by atoms with van der Waals surface area (Å²) >= 11 is 0. The molecule has 0 amide bonds. The van der Waals surface area contributed by atoms with Gasteiger partial charge < -0.3 is 15.0 Å². The van der Waals surface area contributed by atoms with E-state index in [-0.39, 0.29) is 6.04 Å². The van der Waals surface area contributed by atoms with E-state index >= 15 is 0 Å². The highest BCUT2D eigenvalue weighted by Crippen LogP contribution is 2.31. The van der Waals surface area contributed by atoms with Crippen LogP contribution in [0.3, 0.4) is 0 Å². The molecule has 1 unspecified atom stereocenters. The molecule has 2 rings (SSSR count). The summed E-state index contributed by atoms with van der Waals surface area (Å²) in [6.07, 6.45) is 1.41. The first-order valence-electron chi connectivity index (χ1n) is 4.28. The van der Waals surface area contributed by atoms with Crippen molar-refractivity contribution in [2.75, 3.05) is 18.6 Å². The van der Waals surface area contributed by atoms with E-state index in [0.29, 0.717) is 6.61 Å². The molecule has 68 valence electrons. The van der Waals surface area contributed by atoms with E-state index in [1.807, 2.05) is 31.3 Å². The molecule has 0 saturated carbocycles. The van der Waals surface area contributed by atoms with Crippen molar-refractivity contribution in [2.24, 2.45) is 0 Å². The Bertz CT molecular complexity index is 324. The fourth-order valence-corrected chi connectivity index (χ4v) is 1.50. The van der Waals surface area contributed by atoms with Crippen LogP contribution in [0.15, 0.2) is 24.3 Å². The molecule has 0 radical (unpaired) electrons. The molecule has 3 nitrogen and oxygen atoms in total. The summed E-state index contributed by atoms with van der Waals surface area (Å²) < 4.78 is 5.50. The zero-order valence-corrected chi connectivity index (χ0v) is 7.53. The molecule has 0 bridgehead atoms. The molecule has 1 aromatic carbocycles. The molecule has 1 aromatic rings. The Labute approximate surface area is 77.4 Å². The predicted molar refractivity (Wildman–Crippen MR) is 52.9 cm³/mol. The molecule has 1 aliphatic rings. The number of nitrogens with zero attached hydrogens (tertiary/aromatic N) is 1. The normalized spacial score (nSPS) is 20.4. The van der Waals surface area contributed by atoms with Crippen LogP contribution in [0.1, 0.15) is 0 Å². The maximum atomic E-state index is 7.22. The Balaban J connectivity index is 2.38. The van der Waals surface area contributed by atoms with Gasteiger partial charge in [-0.15, -0.1) is 0 Å². The number of hydrogen-bond acceptors (Lipinski definition) is 3. The monoisotopic (exact) mass is 176 g/mol. The molecule has 13 heavy (non-hydrogen) atoms. The van der Waals surface area contributed by atoms with Gasteiger partial charge in [-0.1, -0.05) is 12.1 Å². The summed E-state index contributed by atoms with van der Waals surface area (Å²) in [6, 6.07) is 7.95. The van der Waals surface area contributed by atoms with Crippen LogP contribution in [0.4, 0.5) is 5.69 Å². The third-order valence-electron chi connectivity index (χ3n) is 2.34. The number of ether oxygens (including phenoxy) is 1. The van der Waals surface area contributed by atoms with E-state index in [1.54, 1.807) is 0 Å². The quantitative estimate of drug-likeness (QED) is 0.659. The van der Waals surface area contributed by atoms with Crippen LogP contribution in [0.5, 0.6) is 5.75 Å². The molecule has 3 heteroatoms. The first-order valence-corrected chi connectivity index (χ1v) is 4.28. The van der Waals surface area contributed by atoms with Gasteiger partial charge in [0, 0.05) is 13.3 Å². The maximum absolute atomic E-state index is 7.22. The van der Waals surface area contributed by atoms with E-state index in [2.05, 4.69) is 4.90 Å². The number of rotatable bonds is 1. The van der Waals surface area contributed by atoms with Gasteiger partial charge in [0.2, 0.25) is 0 Å². The van der Waals surface area contributed by atoms with Crippen molar-refractivity contribution < 1.29 is 4.74 Å². The van der Waals surface area contributed by atoms with Gasteiger partial charge in [-0.25, -0.2) is 0 Å². The Morgan fingerprint density at radius 3 is 3.08 bits per heavy atom. The van der Waals surface area contributed by atoms with Crippen LogP contribution < -0.4 is 9.64 Å². The third-order valence-corrected chi connectivity index (χ3v) is 2.34. The summed E-state index contributed by atoms with van der Waals surface area (Å²) in [7, 11) is 1.98. The van der Waals surface area contributed by atoms with Crippen molar-refractivity contribution in [1.82, 2.24) is 0 Å². The molecular formula is C10H12N2O. The van der Waals surface area contributed by atoms with E-state index in [1.165, 1.54) is 6.21 Å². The fourth-order valence-electron chi connectivity index (χ4n) is 1.50. The van der Waals surface area contributed by atoms with Crippen LogP contribution in [-0.2, 0) is 0 Å². The summed E-state index contributed by atoms with van der Waals surface area (Å²) in [6.45, 7) is 0.566. The van der Waals surface area contributed by atoms with E-state index in [9.17, 15) is 0 Å². The number of likely N-dealkylation sites (N-methyl/N-ethyl adjacent to an activating group) is 1. The van der Waals surface area contributed by atoms with Crippen molar-refractivity contribution in [3.63, 3.8) is 0 Å². The number of hydrogen-bond donors (Lipinski definition) is 1. The molecule has 1 aliphatic heterocycles. The molecule has 0 fully saturated rings. The molecule has 1 atom stereocenters. The summed E-state index contributed by atoms with van der Waals surface area (Å²) in [5.74, 6) is 0.906. The largest absolute Gasteiger partial charge is 0.489 e. The lowest BCUT2D eigenvalue weighted by molar-refractivity contribution is 0.294. The van der Waals surface area contributed by atoms with Crippen LogP contribution in [0.25, 0.3) is 0 Å². The SMILES string of the molecule is CN1c2ccccc2OCC1C=N. The number of benzene rings is 1. The van der Waals surface area contributed by atoms with Gasteiger partial charge in [-0.3, -0.25) is 0 Å². The molecule has 0 aliphatic carbocycles. The van der Waals surface area contributed by atoms with Crippen molar-refractivity contribution in [1.29, 1.82) is 5.41 Å². The standard InChI is InChI=1S/C10H12N2O/c1-12-8(6-11)7-13-10-5-3-2-4-9(10)12/h2-6,8,11H,7H2,1H3. The topological polar surface area (TPSA) is 36.3 Å². The highest BCUT2D eigenvalue weighted by molar-refractivity contribution is 5.72. The zero-order valence-electron chi connectivity index (χ0n) is 7.53. The van der Waals surface area contributed by atoms with Gasteiger partial charge in [-0.2, -0.15) is 0 Å². The Morgan fingerprint density at radius 1 is 1.54 bits per heavy atom. The summed E-state index contributed by atoms with van der Waals surface area (Å²) in [4.78, 5) is 2.06. The first kappa shape index (κ1) is 8.10. The highest BCUT2D eigenvalue weighted by atomic mass is 16.5. The maximum Gasteiger partial charge on any atom is 0.142 e. The number of anilines is 1. The minimum atomic E-state index is 0.0647. The van der Waals surface area contributed by atoms with Crippen molar-refractivity contribution in [3.8, 4) is 5.75 Å². The molecule has 0 spiro atoms. The van der Waals surface area contributed by atoms with Gasteiger partial charge >= 0.3 is 0 Å². The second kappa shape index (κ2) is 3.09. The second-order valence-electron chi connectivity index (χ2n) is 3.12. The number of nitrogens with one attached hydrogen (secondary N) is 1. The number of para-hydroxylation sites is 2. The highest BCUT2D eigenvalue weighted by Gasteiger charge is 2.21. The second-order valence-corrected chi connectivity index (χ2v) is 3.12. The average molecular weight is 176 g/mol. The molecule has 0 aromatic heterocycles. The van der Waals surface area contributed by atoms with Crippen LogP contribution in [-0.4, -0.2) is 25.9 Å². The Hall–Kier alpha value is -1.51. The third kappa shape index (κ3) is 1.26. The first-order chi connectivity index (χ1) is 6.33. The van der Waals surface area contributed by atoms with Crippen LogP contribution in [0, 0.1) is 5.41 Å². The van der Waals surface area contributed by atoms with Gasteiger partial charge in [0.1, 0.15) is 12.4 Å². The average Bonchev–Trinajstić information content (AvgIpc) is 2.19. The lowest BCUT2D eigenvalue weighted by Gasteiger charge is -2.33. The van der Waals surface area contributed by atoms with Gasteiger partial charge in [-0.05, 0) is 12.1 Å². The summed E-state index contributed by atoms with van der Waals surface area (Å²) in [5.41, 5.74) is 1.06. The number of fused-ring (bicyclic) bond motifs is 1. The fraction of sp³-hybridized carbons (Fsp3) is 0.300. The molecule has 1 heterocycles. The molecule has 1 N–H and O–H groups in total. The van der Waals surface area contributed by atoms with Gasteiger partial charge in [0.15, 0.2) is 0 Å². The van der Waals surface area contributed by atoms with Crippen molar-refractivity contribution in [3.05, 3.63) is 24.3 Å². The van der Waals surface area contributed by atoms with Crippen molar-refractivity contribution >= 4 is 11.9 Å². The lowest BCUT2D eigenvalue weighted by Crippen LogP contribution is -2.41. The van der Waals surface area contributed by atoms with E-state index < -0.39 is 0 Å².